The van der Waals surface area contributed by atoms with Gasteiger partial charge in [-0.05, 0) is 48.6 Å². The Labute approximate surface area is 136 Å². The molecule has 2 aliphatic rings. The van der Waals surface area contributed by atoms with Crippen LogP contribution in [0.15, 0.2) is 48.8 Å². The van der Waals surface area contributed by atoms with E-state index in [9.17, 15) is 4.79 Å². The number of hydrogen-bond donors (Lipinski definition) is 0. The van der Waals surface area contributed by atoms with E-state index in [1.165, 1.54) is 11.1 Å². The summed E-state index contributed by atoms with van der Waals surface area (Å²) in [6.45, 7) is 2.47. The summed E-state index contributed by atoms with van der Waals surface area (Å²) in [6.07, 6.45) is 6.82. The number of para-hydroxylation sites is 1. The summed E-state index contributed by atoms with van der Waals surface area (Å²) < 4.78 is 0. The molecule has 0 saturated carbocycles. The Morgan fingerprint density at radius 3 is 2.78 bits per heavy atom. The zero-order valence-corrected chi connectivity index (χ0v) is 13.2. The average Bonchev–Trinajstić information content (AvgIpc) is 3.11. The summed E-state index contributed by atoms with van der Waals surface area (Å²) in [5.41, 5.74) is 3.67. The van der Waals surface area contributed by atoms with Gasteiger partial charge in [0, 0.05) is 43.6 Å². The van der Waals surface area contributed by atoms with Gasteiger partial charge in [-0.15, -0.1) is 0 Å². The first kappa shape index (κ1) is 14.2. The second kappa shape index (κ2) is 6.03. The number of aromatic nitrogens is 1. The number of pyridine rings is 1. The molecule has 4 heteroatoms. The quantitative estimate of drug-likeness (QED) is 0.809. The Hall–Kier alpha value is -2.36. The number of rotatable bonds is 1. The number of fused-ring (bicyclic) bond motifs is 1. The molecule has 0 N–H and O–H groups in total. The molecule has 0 bridgehead atoms. The lowest BCUT2D eigenvalue weighted by atomic mass is 10.00. The molecule has 3 heterocycles. The molecule has 4 nitrogen and oxygen atoms in total. The molecule has 2 aliphatic heterocycles. The first-order valence-electron chi connectivity index (χ1n) is 8.37. The van der Waals surface area contributed by atoms with Crippen molar-refractivity contribution >= 4 is 11.7 Å². The number of anilines is 1. The number of nitrogens with zero attached hydrogens (tertiary/aromatic N) is 3. The molecule has 118 valence electrons. The highest BCUT2D eigenvalue weighted by atomic mass is 16.2. The van der Waals surface area contributed by atoms with Gasteiger partial charge in [0.05, 0.1) is 0 Å². The minimum absolute atomic E-state index is 0.161. The van der Waals surface area contributed by atoms with Crippen molar-refractivity contribution in [1.82, 2.24) is 9.88 Å². The molecule has 4 rings (SSSR count). The minimum atomic E-state index is 0.161. The lowest BCUT2D eigenvalue weighted by Crippen LogP contribution is -2.44. The van der Waals surface area contributed by atoms with Gasteiger partial charge in [-0.3, -0.25) is 9.88 Å². The topological polar surface area (TPSA) is 36.4 Å². The molecule has 1 atom stereocenters. The molecule has 1 unspecified atom stereocenters. The van der Waals surface area contributed by atoms with Gasteiger partial charge in [0.25, 0.3) is 0 Å². The van der Waals surface area contributed by atoms with Crippen molar-refractivity contribution in [1.29, 1.82) is 0 Å². The number of hydrogen-bond acceptors (Lipinski definition) is 2. The Kier molecular flexibility index (Phi) is 3.74. The first-order chi connectivity index (χ1) is 11.3. The molecule has 0 radical (unpaired) electrons. The van der Waals surface area contributed by atoms with Crippen LogP contribution in [0.1, 0.15) is 29.9 Å². The van der Waals surface area contributed by atoms with Crippen molar-refractivity contribution < 1.29 is 4.79 Å². The maximum Gasteiger partial charge on any atom is 0.324 e. The standard InChI is InChI=1S/C19H21N3O/c23-19(22-12-3-5-16-4-1-2-6-18(16)22)21-13-9-17(14-21)15-7-10-20-11-8-15/h1-2,4,6-8,10-11,17H,3,5,9,12-14H2. The summed E-state index contributed by atoms with van der Waals surface area (Å²) >= 11 is 0. The molecule has 2 amide bonds. The van der Waals surface area contributed by atoms with Gasteiger partial charge < -0.3 is 4.90 Å². The monoisotopic (exact) mass is 307 g/mol. The van der Waals surface area contributed by atoms with Crippen molar-refractivity contribution in [2.75, 3.05) is 24.5 Å². The second-order valence-electron chi connectivity index (χ2n) is 6.38. The third kappa shape index (κ3) is 2.69. The highest BCUT2D eigenvalue weighted by Crippen LogP contribution is 2.31. The van der Waals surface area contributed by atoms with Crippen LogP contribution >= 0.6 is 0 Å². The van der Waals surface area contributed by atoms with Crippen molar-refractivity contribution in [3.63, 3.8) is 0 Å². The highest BCUT2D eigenvalue weighted by molar-refractivity contribution is 5.93. The van der Waals surface area contributed by atoms with E-state index in [4.69, 9.17) is 0 Å². The summed E-state index contributed by atoms with van der Waals surface area (Å²) in [5, 5.41) is 0. The number of carbonyl (C=O) groups excluding carboxylic acids is 1. The van der Waals surface area contributed by atoms with E-state index < -0.39 is 0 Å². The van der Waals surface area contributed by atoms with Crippen LogP contribution in [-0.2, 0) is 6.42 Å². The van der Waals surface area contributed by atoms with Crippen LogP contribution in [0, 0.1) is 0 Å². The second-order valence-corrected chi connectivity index (χ2v) is 6.38. The van der Waals surface area contributed by atoms with Gasteiger partial charge in [-0.1, -0.05) is 18.2 Å². The van der Waals surface area contributed by atoms with Crippen LogP contribution < -0.4 is 4.90 Å². The Balaban J connectivity index is 1.51. The van der Waals surface area contributed by atoms with Crippen LogP contribution in [0.4, 0.5) is 10.5 Å². The Morgan fingerprint density at radius 1 is 1.09 bits per heavy atom. The zero-order valence-electron chi connectivity index (χ0n) is 13.2. The van der Waals surface area contributed by atoms with Crippen LogP contribution in [0.3, 0.4) is 0 Å². The fraction of sp³-hybridized carbons (Fsp3) is 0.368. The van der Waals surface area contributed by atoms with Gasteiger partial charge >= 0.3 is 6.03 Å². The van der Waals surface area contributed by atoms with Crippen LogP contribution in [0.5, 0.6) is 0 Å². The van der Waals surface area contributed by atoms with Crippen molar-refractivity contribution in [3.8, 4) is 0 Å². The van der Waals surface area contributed by atoms with Gasteiger partial charge in [0.2, 0.25) is 0 Å². The van der Waals surface area contributed by atoms with Gasteiger partial charge in [-0.2, -0.15) is 0 Å². The summed E-state index contributed by atoms with van der Waals surface area (Å²) in [5.74, 6) is 0.432. The fourth-order valence-electron chi connectivity index (χ4n) is 3.74. The molecule has 2 aromatic rings. The van der Waals surface area contributed by atoms with Crippen LogP contribution in [-0.4, -0.2) is 35.5 Å². The Bertz CT molecular complexity index is 701. The smallest absolute Gasteiger partial charge is 0.324 e. The number of carbonyl (C=O) groups is 1. The molecule has 1 fully saturated rings. The van der Waals surface area contributed by atoms with Gasteiger partial charge in [0.1, 0.15) is 0 Å². The molecule has 0 aliphatic carbocycles. The van der Waals surface area contributed by atoms with Gasteiger partial charge in [-0.25, -0.2) is 4.79 Å². The maximum absolute atomic E-state index is 13.0. The van der Waals surface area contributed by atoms with E-state index in [-0.39, 0.29) is 6.03 Å². The highest BCUT2D eigenvalue weighted by Gasteiger charge is 2.32. The van der Waals surface area contributed by atoms with Crippen molar-refractivity contribution in [2.24, 2.45) is 0 Å². The van der Waals surface area contributed by atoms with E-state index in [0.717, 1.165) is 44.6 Å². The lowest BCUT2D eigenvalue weighted by Gasteiger charge is -2.32. The molecular formula is C19H21N3O. The lowest BCUT2D eigenvalue weighted by molar-refractivity contribution is 0.214. The number of urea groups is 1. The van der Waals surface area contributed by atoms with E-state index in [0.29, 0.717) is 5.92 Å². The SMILES string of the molecule is O=C(N1CCC(c2ccncc2)C1)N1CCCc2ccccc21. The van der Waals surface area contributed by atoms with Gasteiger partial charge in [0.15, 0.2) is 0 Å². The minimum Gasteiger partial charge on any atom is -0.324 e. The fourth-order valence-corrected chi connectivity index (χ4v) is 3.74. The third-order valence-electron chi connectivity index (χ3n) is 4.98. The average molecular weight is 307 g/mol. The van der Waals surface area contributed by atoms with E-state index in [2.05, 4.69) is 35.3 Å². The zero-order chi connectivity index (χ0) is 15.6. The van der Waals surface area contributed by atoms with E-state index >= 15 is 0 Å². The molecule has 1 aromatic heterocycles. The van der Waals surface area contributed by atoms with Crippen molar-refractivity contribution in [2.45, 2.75) is 25.2 Å². The molecule has 1 aromatic carbocycles. The number of aryl methyl sites for hydroxylation is 1. The van der Waals surface area contributed by atoms with E-state index in [1.54, 1.807) is 0 Å². The molecule has 1 saturated heterocycles. The normalized spacial score (nSPS) is 20.4. The number of likely N-dealkylation sites (tertiary alicyclic amines) is 1. The van der Waals surface area contributed by atoms with Crippen LogP contribution in [0.2, 0.25) is 0 Å². The third-order valence-corrected chi connectivity index (χ3v) is 4.98. The summed E-state index contributed by atoms with van der Waals surface area (Å²) in [6, 6.07) is 12.6. The predicted molar refractivity (Wildman–Crippen MR) is 90.7 cm³/mol. The van der Waals surface area contributed by atoms with Crippen molar-refractivity contribution in [3.05, 3.63) is 59.9 Å². The maximum atomic E-state index is 13.0. The number of benzene rings is 1. The molecule has 23 heavy (non-hydrogen) atoms. The first-order valence-corrected chi connectivity index (χ1v) is 8.37. The Morgan fingerprint density at radius 2 is 1.91 bits per heavy atom. The molecule has 0 spiro atoms. The van der Waals surface area contributed by atoms with Crippen LogP contribution in [0.25, 0.3) is 0 Å². The molecular weight excluding hydrogens is 286 g/mol. The number of amides is 2. The summed E-state index contributed by atoms with van der Waals surface area (Å²) in [7, 11) is 0. The summed E-state index contributed by atoms with van der Waals surface area (Å²) in [4.78, 5) is 21.0. The predicted octanol–water partition coefficient (Wildman–Crippen LogP) is 3.44. The largest absolute Gasteiger partial charge is 0.324 e. The van der Waals surface area contributed by atoms with E-state index in [1.807, 2.05) is 28.3 Å².